The third kappa shape index (κ3) is 5.34. The summed E-state index contributed by atoms with van der Waals surface area (Å²) in [4.78, 5) is 14.4. The maximum Gasteiger partial charge on any atom is 0.200 e. The topological polar surface area (TPSA) is 65.0 Å². The minimum atomic E-state index is -0.242. The third-order valence-electron chi connectivity index (χ3n) is 8.88. The summed E-state index contributed by atoms with van der Waals surface area (Å²) in [6, 6.07) is 15.4. The van der Waals surface area contributed by atoms with E-state index in [-0.39, 0.29) is 10.8 Å². The molecule has 5 heteroatoms. The van der Waals surface area contributed by atoms with Gasteiger partial charge in [-0.25, -0.2) is 15.0 Å². The van der Waals surface area contributed by atoms with Gasteiger partial charge in [0.1, 0.15) is 23.0 Å². The van der Waals surface area contributed by atoms with Crippen molar-refractivity contribution in [1.29, 1.82) is 0 Å². The van der Waals surface area contributed by atoms with E-state index in [4.69, 9.17) is 18.8 Å². The van der Waals surface area contributed by atoms with Gasteiger partial charge >= 0.3 is 0 Å². The van der Waals surface area contributed by atoms with Gasteiger partial charge in [0.25, 0.3) is 0 Å². The maximum atomic E-state index is 7.05. The molecule has 0 aliphatic carbocycles. The quantitative estimate of drug-likeness (QED) is 0.197. The van der Waals surface area contributed by atoms with Crippen molar-refractivity contribution in [2.75, 3.05) is 0 Å². The number of rotatable bonds is 5. The smallest absolute Gasteiger partial charge is 0.200 e. The van der Waals surface area contributed by atoms with Gasteiger partial charge in [-0.2, -0.15) is 0 Å². The molecule has 3 heterocycles. The van der Waals surface area contributed by atoms with E-state index < -0.39 is 0 Å². The van der Waals surface area contributed by atoms with Crippen LogP contribution in [0.1, 0.15) is 129 Å². The van der Waals surface area contributed by atoms with Gasteiger partial charge in [-0.15, -0.1) is 0 Å². The van der Waals surface area contributed by atoms with Gasteiger partial charge in [0.2, 0.25) is 5.89 Å². The zero-order valence-corrected chi connectivity index (χ0v) is 29.0. The molecular weight excluding hydrogens is 554 g/mol. The number of oxazole rings is 1. The molecule has 0 bridgehead atoms. The maximum absolute atomic E-state index is 7.05. The van der Waals surface area contributed by atoms with E-state index in [0.717, 1.165) is 61.4 Å². The van der Waals surface area contributed by atoms with E-state index in [9.17, 15) is 0 Å². The summed E-state index contributed by atoms with van der Waals surface area (Å²) in [6.45, 7) is 26.6. The molecule has 0 spiro atoms. The monoisotopic (exact) mass is 601 g/mol. The van der Waals surface area contributed by atoms with Gasteiger partial charge < -0.3 is 8.83 Å². The van der Waals surface area contributed by atoms with Crippen LogP contribution in [0.3, 0.4) is 0 Å². The second kappa shape index (κ2) is 10.8. The zero-order chi connectivity index (χ0) is 32.6. The molecule has 6 aromatic rings. The number of hydrogen-bond donors (Lipinski definition) is 0. The number of para-hydroxylation sites is 1. The van der Waals surface area contributed by atoms with E-state index in [1.807, 2.05) is 0 Å². The van der Waals surface area contributed by atoms with Crippen LogP contribution in [0.15, 0.2) is 57.6 Å². The lowest BCUT2D eigenvalue weighted by Gasteiger charge is -2.23. The second-order valence-electron chi connectivity index (χ2n) is 15.6. The summed E-state index contributed by atoms with van der Waals surface area (Å²) in [5, 5.41) is 2.07. The molecule has 3 aromatic carbocycles. The Labute approximate surface area is 267 Å². The zero-order valence-electron chi connectivity index (χ0n) is 29.0. The van der Waals surface area contributed by atoms with E-state index in [1.54, 1.807) is 6.33 Å². The number of fused-ring (bicyclic) bond motifs is 4. The molecule has 0 aliphatic heterocycles. The minimum Gasteiger partial charge on any atom is -0.455 e. The molecule has 6 rings (SSSR count). The lowest BCUT2D eigenvalue weighted by atomic mass is 9.81. The van der Waals surface area contributed by atoms with Crippen molar-refractivity contribution in [1.82, 2.24) is 15.0 Å². The van der Waals surface area contributed by atoms with Crippen molar-refractivity contribution in [2.45, 2.75) is 112 Å². The van der Waals surface area contributed by atoms with Crippen LogP contribution in [0.5, 0.6) is 0 Å². The van der Waals surface area contributed by atoms with Crippen LogP contribution >= 0.6 is 0 Å². The molecule has 0 amide bonds. The molecule has 3 aromatic heterocycles. The average molecular weight is 602 g/mol. The van der Waals surface area contributed by atoms with Gasteiger partial charge in [0.15, 0.2) is 5.58 Å². The highest BCUT2D eigenvalue weighted by Crippen LogP contribution is 2.48. The number of aromatic nitrogens is 3. The summed E-state index contributed by atoms with van der Waals surface area (Å²) >= 11 is 0. The van der Waals surface area contributed by atoms with Crippen molar-refractivity contribution < 1.29 is 8.83 Å². The molecule has 0 radical (unpaired) electrons. The number of nitrogens with zero attached hydrogens (tertiary/aromatic N) is 3. The Balaban J connectivity index is 1.78. The average Bonchev–Trinajstić information content (AvgIpc) is 3.56. The fraction of sp³-hybridized carbons (Fsp3) is 0.425. The van der Waals surface area contributed by atoms with Crippen molar-refractivity contribution in [3.8, 4) is 22.4 Å². The highest BCUT2D eigenvalue weighted by atomic mass is 16.4. The predicted octanol–water partition coefficient (Wildman–Crippen LogP) is 11.8. The van der Waals surface area contributed by atoms with Crippen LogP contribution in [0.25, 0.3) is 55.4 Å². The first-order valence-corrected chi connectivity index (χ1v) is 16.4. The van der Waals surface area contributed by atoms with Crippen molar-refractivity contribution >= 4 is 33.0 Å². The standard InChI is InChI=1S/C40H47N3O2/c1-21(2)24-16-27(22(3)4)33(28(17-24)23(5)6)34-36-29(18-31-37(34)45-38(43-31)40(10,11)12)25-14-13-15-26(35(25)44-36)30-19-32(39(7,8)9)42-20-41-30/h13-23H,1-12H3. The summed E-state index contributed by atoms with van der Waals surface area (Å²) in [6.07, 6.45) is 1.66. The minimum absolute atomic E-state index is 0.101. The van der Waals surface area contributed by atoms with Crippen LogP contribution in [0.4, 0.5) is 0 Å². The number of hydrogen-bond acceptors (Lipinski definition) is 5. The summed E-state index contributed by atoms with van der Waals surface area (Å²) in [7, 11) is 0. The van der Waals surface area contributed by atoms with Crippen LogP contribution in [-0.2, 0) is 10.8 Å². The number of furan rings is 1. The van der Waals surface area contributed by atoms with Crippen LogP contribution in [0.2, 0.25) is 0 Å². The van der Waals surface area contributed by atoms with E-state index in [0.29, 0.717) is 17.8 Å². The molecule has 0 atom stereocenters. The van der Waals surface area contributed by atoms with Crippen LogP contribution in [-0.4, -0.2) is 15.0 Å². The Hall–Kier alpha value is -3.99. The highest BCUT2D eigenvalue weighted by Gasteiger charge is 2.30. The van der Waals surface area contributed by atoms with Gasteiger partial charge in [0, 0.05) is 32.9 Å². The third-order valence-corrected chi connectivity index (χ3v) is 8.88. The molecule has 5 nitrogen and oxygen atoms in total. The molecule has 0 saturated carbocycles. The summed E-state index contributed by atoms with van der Waals surface area (Å²) in [5.41, 5.74) is 11.9. The number of benzene rings is 3. The lowest BCUT2D eigenvalue weighted by molar-refractivity contribution is 0.411. The fourth-order valence-corrected chi connectivity index (χ4v) is 6.22. The molecule has 0 unspecified atom stereocenters. The van der Waals surface area contributed by atoms with Gasteiger partial charge in [0.05, 0.1) is 11.3 Å². The predicted molar refractivity (Wildman–Crippen MR) is 187 cm³/mol. The van der Waals surface area contributed by atoms with Gasteiger partial charge in [-0.05, 0) is 58.2 Å². The molecule has 0 saturated heterocycles. The van der Waals surface area contributed by atoms with Crippen molar-refractivity contribution in [3.05, 3.63) is 77.1 Å². The fourth-order valence-electron chi connectivity index (χ4n) is 6.22. The van der Waals surface area contributed by atoms with E-state index >= 15 is 0 Å². The Kier molecular flexibility index (Phi) is 7.46. The molecule has 234 valence electrons. The Morgan fingerprint density at radius 3 is 1.87 bits per heavy atom. The molecule has 45 heavy (non-hydrogen) atoms. The molecule has 0 fully saturated rings. The first kappa shape index (κ1) is 31.0. The molecular formula is C40H47N3O2. The molecule has 0 aliphatic rings. The first-order valence-electron chi connectivity index (χ1n) is 16.4. The Bertz CT molecular complexity index is 2030. The van der Waals surface area contributed by atoms with Gasteiger partial charge in [-0.1, -0.05) is 107 Å². The Morgan fingerprint density at radius 2 is 1.29 bits per heavy atom. The first-order chi connectivity index (χ1) is 21.1. The highest BCUT2D eigenvalue weighted by molar-refractivity contribution is 6.18. The van der Waals surface area contributed by atoms with Gasteiger partial charge in [-0.3, -0.25) is 0 Å². The summed E-state index contributed by atoms with van der Waals surface area (Å²) in [5.74, 6) is 1.73. The van der Waals surface area contributed by atoms with E-state index in [2.05, 4.69) is 131 Å². The van der Waals surface area contributed by atoms with Crippen molar-refractivity contribution in [2.24, 2.45) is 0 Å². The Morgan fingerprint density at radius 1 is 0.622 bits per heavy atom. The normalized spacial score (nSPS) is 13.0. The van der Waals surface area contributed by atoms with Crippen LogP contribution in [0, 0.1) is 0 Å². The second-order valence-corrected chi connectivity index (χ2v) is 15.6. The molecule has 0 N–H and O–H groups in total. The van der Waals surface area contributed by atoms with E-state index in [1.165, 1.54) is 22.3 Å². The SMILES string of the molecule is CC(C)c1cc(C(C)C)c(-c2c3oc(C(C)(C)C)nc3cc3c2oc2c(-c4cc(C(C)(C)C)ncn4)cccc23)c(C(C)C)c1. The van der Waals surface area contributed by atoms with Crippen molar-refractivity contribution in [3.63, 3.8) is 0 Å². The summed E-state index contributed by atoms with van der Waals surface area (Å²) < 4.78 is 13.8. The lowest BCUT2D eigenvalue weighted by Crippen LogP contribution is -2.13. The largest absolute Gasteiger partial charge is 0.455 e. The van der Waals surface area contributed by atoms with Crippen LogP contribution < -0.4 is 0 Å².